The van der Waals surface area contributed by atoms with Crippen LogP contribution >= 0.6 is 22.6 Å². The largest absolute Gasteiger partial charge is 0.311 e. The van der Waals surface area contributed by atoms with E-state index in [-0.39, 0.29) is 11.8 Å². The Bertz CT molecular complexity index is 475. The summed E-state index contributed by atoms with van der Waals surface area (Å²) in [6.07, 6.45) is 5.83. The van der Waals surface area contributed by atoms with Crippen LogP contribution in [0.1, 0.15) is 12.0 Å². The lowest BCUT2D eigenvalue weighted by molar-refractivity contribution is -0.117. The lowest BCUT2D eigenvalue weighted by Gasteiger charge is -2.16. The van der Waals surface area contributed by atoms with Crippen LogP contribution in [0.5, 0.6) is 0 Å². The molecule has 0 N–H and O–H groups in total. The van der Waals surface area contributed by atoms with Crippen molar-refractivity contribution in [2.24, 2.45) is 5.92 Å². The van der Waals surface area contributed by atoms with Gasteiger partial charge in [-0.05, 0) is 53.3 Å². The van der Waals surface area contributed by atoms with E-state index in [1.54, 1.807) is 4.90 Å². The van der Waals surface area contributed by atoms with Gasteiger partial charge in [0.2, 0.25) is 5.91 Å². The van der Waals surface area contributed by atoms with Crippen molar-refractivity contribution in [3.8, 4) is 12.3 Å². The maximum atomic E-state index is 11.8. The van der Waals surface area contributed by atoms with E-state index >= 15 is 0 Å². The summed E-state index contributed by atoms with van der Waals surface area (Å²) >= 11 is 2.29. The van der Waals surface area contributed by atoms with Gasteiger partial charge in [0, 0.05) is 28.1 Å². The second kappa shape index (κ2) is 4.46. The molecule has 1 aromatic carbocycles. The van der Waals surface area contributed by atoms with Crippen LogP contribution in [0.25, 0.3) is 0 Å². The molecule has 0 bridgehead atoms. The Balaban J connectivity index is 2.29. The van der Waals surface area contributed by atoms with Crippen LogP contribution < -0.4 is 4.90 Å². The Morgan fingerprint density at radius 3 is 2.88 bits per heavy atom. The number of hydrogen-bond donors (Lipinski definition) is 0. The zero-order valence-corrected chi connectivity index (χ0v) is 11.2. The van der Waals surface area contributed by atoms with Gasteiger partial charge in [-0.1, -0.05) is 0 Å². The van der Waals surface area contributed by atoms with Gasteiger partial charge in [0.05, 0.1) is 0 Å². The number of carbonyl (C=O) groups excluding carboxylic acids is 1. The van der Waals surface area contributed by atoms with E-state index in [1.807, 2.05) is 25.1 Å². The van der Waals surface area contributed by atoms with E-state index in [0.29, 0.717) is 13.0 Å². The van der Waals surface area contributed by atoms with Crippen molar-refractivity contribution in [3.05, 3.63) is 27.3 Å². The summed E-state index contributed by atoms with van der Waals surface area (Å²) in [5.74, 6) is 2.85. The van der Waals surface area contributed by atoms with Crippen molar-refractivity contribution in [3.63, 3.8) is 0 Å². The van der Waals surface area contributed by atoms with Crippen LogP contribution in [-0.2, 0) is 4.79 Å². The molecule has 1 unspecified atom stereocenters. The van der Waals surface area contributed by atoms with Crippen molar-refractivity contribution < 1.29 is 4.79 Å². The molecular weight excluding hydrogens is 313 g/mol. The van der Waals surface area contributed by atoms with Gasteiger partial charge < -0.3 is 4.90 Å². The highest BCUT2D eigenvalue weighted by Crippen LogP contribution is 2.26. The maximum absolute atomic E-state index is 11.8. The van der Waals surface area contributed by atoms with E-state index in [0.717, 1.165) is 5.69 Å². The third-order valence-electron chi connectivity index (χ3n) is 2.81. The fourth-order valence-electron chi connectivity index (χ4n) is 1.87. The highest BCUT2D eigenvalue weighted by Gasteiger charge is 2.29. The van der Waals surface area contributed by atoms with Crippen LogP contribution in [0.4, 0.5) is 5.69 Å². The minimum Gasteiger partial charge on any atom is -0.311 e. The van der Waals surface area contributed by atoms with Crippen LogP contribution in [0.3, 0.4) is 0 Å². The molecule has 1 heterocycles. The molecule has 3 heteroatoms. The molecule has 1 amide bonds. The SMILES string of the molecule is C#CC1CC(=O)N(c2ccc(I)c(C)c2)C1. The Morgan fingerprint density at radius 1 is 1.56 bits per heavy atom. The average molecular weight is 325 g/mol. The first-order valence-electron chi connectivity index (χ1n) is 5.14. The van der Waals surface area contributed by atoms with Gasteiger partial charge in [-0.15, -0.1) is 12.3 Å². The number of aryl methyl sites for hydroxylation is 1. The van der Waals surface area contributed by atoms with E-state index in [1.165, 1.54) is 9.13 Å². The molecule has 1 aromatic rings. The predicted molar refractivity (Wildman–Crippen MR) is 73.2 cm³/mol. The van der Waals surface area contributed by atoms with Crippen molar-refractivity contribution in [1.29, 1.82) is 0 Å². The number of nitrogens with zero attached hydrogens (tertiary/aromatic N) is 1. The van der Waals surface area contributed by atoms with Gasteiger partial charge in [-0.25, -0.2) is 0 Å². The Kier molecular flexibility index (Phi) is 3.20. The first-order chi connectivity index (χ1) is 7.61. The highest BCUT2D eigenvalue weighted by atomic mass is 127. The molecule has 1 saturated heterocycles. The van der Waals surface area contributed by atoms with E-state index in [4.69, 9.17) is 6.42 Å². The number of benzene rings is 1. The summed E-state index contributed by atoms with van der Waals surface area (Å²) in [5, 5.41) is 0. The Hall–Kier alpha value is -1.02. The molecule has 1 aliphatic heterocycles. The molecule has 2 nitrogen and oxygen atoms in total. The fourth-order valence-corrected chi connectivity index (χ4v) is 2.20. The van der Waals surface area contributed by atoms with E-state index in [2.05, 4.69) is 28.5 Å². The fraction of sp³-hybridized carbons (Fsp3) is 0.308. The van der Waals surface area contributed by atoms with Crippen LogP contribution in [0, 0.1) is 28.8 Å². The van der Waals surface area contributed by atoms with Crippen molar-refractivity contribution in [2.45, 2.75) is 13.3 Å². The smallest absolute Gasteiger partial charge is 0.228 e. The first-order valence-corrected chi connectivity index (χ1v) is 6.22. The Labute approximate surface area is 109 Å². The van der Waals surface area contributed by atoms with Gasteiger partial charge in [0.15, 0.2) is 0 Å². The monoisotopic (exact) mass is 325 g/mol. The molecule has 0 radical (unpaired) electrons. The zero-order chi connectivity index (χ0) is 11.7. The second-order valence-corrected chi connectivity index (χ2v) is 5.17. The number of halogens is 1. The Morgan fingerprint density at radius 2 is 2.31 bits per heavy atom. The van der Waals surface area contributed by atoms with E-state index in [9.17, 15) is 4.79 Å². The number of terminal acetylenes is 1. The zero-order valence-electron chi connectivity index (χ0n) is 9.03. The van der Waals surface area contributed by atoms with E-state index < -0.39 is 0 Å². The molecule has 1 fully saturated rings. The molecule has 0 saturated carbocycles. The van der Waals surface area contributed by atoms with Crippen LogP contribution in [0.15, 0.2) is 18.2 Å². The third kappa shape index (κ3) is 2.07. The second-order valence-electron chi connectivity index (χ2n) is 4.01. The summed E-state index contributed by atoms with van der Waals surface area (Å²) in [7, 11) is 0. The van der Waals surface area contributed by atoms with Crippen LogP contribution in [-0.4, -0.2) is 12.5 Å². The van der Waals surface area contributed by atoms with Crippen molar-refractivity contribution >= 4 is 34.2 Å². The highest BCUT2D eigenvalue weighted by molar-refractivity contribution is 14.1. The summed E-state index contributed by atoms with van der Waals surface area (Å²) in [6, 6.07) is 6.05. The van der Waals surface area contributed by atoms with Gasteiger partial charge in [0.25, 0.3) is 0 Å². The maximum Gasteiger partial charge on any atom is 0.228 e. The van der Waals surface area contributed by atoms with Gasteiger partial charge >= 0.3 is 0 Å². The molecule has 0 aromatic heterocycles. The standard InChI is InChI=1S/C13H12INO/c1-3-10-7-13(16)15(8-10)11-4-5-12(14)9(2)6-11/h1,4-6,10H,7-8H2,2H3. The molecule has 1 aliphatic rings. The minimum atomic E-state index is 0.0621. The molecule has 2 rings (SSSR count). The van der Waals surface area contributed by atoms with Crippen LogP contribution in [0.2, 0.25) is 0 Å². The van der Waals surface area contributed by atoms with Crippen molar-refractivity contribution in [2.75, 3.05) is 11.4 Å². The lowest BCUT2D eigenvalue weighted by Crippen LogP contribution is -2.24. The van der Waals surface area contributed by atoms with Gasteiger partial charge in [-0.3, -0.25) is 4.79 Å². The van der Waals surface area contributed by atoms with Crippen molar-refractivity contribution in [1.82, 2.24) is 0 Å². The minimum absolute atomic E-state index is 0.0621. The normalized spacial score (nSPS) is 19.9. The van der Waals surface area contributed by atoms with Gasteiger partial charge in [0.1, 0.15) is 0 Å². The number of carbonyl (C=O) groups is 1. The lowest BCUT2D eigenvalue weighted by atomic mass is 10.1. The molecular formula is C13H12INO. The summed E-state index contributed by atoms with van der Waals surface area (Å²) in [6.45, 7) is 2.69. The molecule has 0 aliphatic carbocycles. The predicted octanol–water partition coefficient (Wildman–Crippen LogP) is 2.59. The first kappa shape index (κ1) is 11.5. The molecule has 16 heavy (non-hydrogen) atoms. The number of rotatable bonds is 1. The number of hydrogen-bond acceptors (Lipinski definition) is 1. The molecule has 82 valence electrons. The summed E-state index contributed by atoms with van der Waals surface area (Å²) in [5.41, 5.74) is 2.15. The number of amides is 1. The quantitative estimate of drug-likeness (QED) is 0.574. The van der Waals surface area contributed by atoms with Gasteiger partial charge in [-0.2, -0.15) is 0 Å². The molecule has 0 spiro atoms. The average Bonchev–Trinajstić information content (AvgIpc) is 2.64. The number of anilines is 1. The third-order valence-corrected chi connectivity index (χ3v) is 4.02. The molecule has 1 atom stereocenters. The summed E-state index contributed by atoms with van der Waals surface area (Å²) in [4.78, 5) is 13.6. The summed E-state index contributed by atoms with van der Waals surface area (Å²) < 4.78 is 1.21. The topological polar surface area (TPSA) is 20.3 Å².